The summed E-state index contributed by atoms with van der Waals surface area (Å²) >= 11 is 0. The van der Waals surface area contributed by atoms with Crippen molar-refractivity contribution in [3.8, 4) is 5.75 Å². The third-order valence-corrected chi connectivity index (χ3v) is 4.75. The maximum Gasteiger partial charge on any atom is 0.410 e. The van der Waals surface area contributed by atoms with E-state index < -0.39 is 0 Å². The van der Waals surface area contributed by atoms with E-state index >= 15 is 0 Å². The van der Waals surface area contributed by atoms with Crippen molar-refractivity contribution in [1.29, 1.82) is 0 Å². The number of nitrogens with zero attached hydrogens (tertiary/aromatic N) is 1. The van der Waals surface area contributed by atoms with Gasteiger partial charge in [-0.25, -0.2) is 4.79 Å². The zero-order valence-electron chi connectivity index (χ0n) is 15.9. The lowest BCUT2D eigenvalue weighted by Gasteiger charge is -2.31. The zero-order chi connectivity index (χ0) is 18.9. The summed E-state index contributed by atoms with van der Waals surface area (Å²) in [5.41, 5.74) is 2.21. The van der Waals surface area contributed by atoms with Gasteiger partial charge in [-0.15, -0.1) is 0 Å². The SMILES string of the molecule is Cc1cccc(OCCNC2CCN(C(=O)OCc3ccccc3)CC2)c1. The van der Waals surface area contributed by atoms with Crippen LogP contribution in [0, 0.1) is 6.92 Å². The highest BCUT2D eigenvalue weighted by molar-refractivity contribution is 5.67. The van der Waals surface area contributed by atoms with E-state index in [2.05, 4.69) is 18.3 Å². The van der Waals surface area contributed by atoms with Crippen LogP contribution in [0.1, 0.15) is 24.0 Å². The smallest absolute Gasteiger partial charge is 0.410 e. The number of hydrogen-bond donors (Lipinski definition) is 1. The van der Waals surface area contributed by atoms with E-state index in [-0.39, 0.29) is 6.09 Å². The van der Waals surface area contributed by atoms with Gasteiger partial charge < -0.3 is 19.7 Å². The summed E-state index contributed by atoms with van der Waals surface area (Å²) in [5, 5.41) is 3.52. The maximum atomic E-state index is 12.2. The first-order chi connectivity index (χ1) is 13.2. The lowest BCUT2D eigenvalue weighted by Crippen LogP contribution is -2.45. The van der Waals surface area contributed by atoms with Gasteiger partial charge in [0.1, 0.15) is 19.0 Å². The van der Waals surface area contributed by atoms with Gasteiger partial charge in [0.15, 0.2) is 0 Å². The molecule has 1 N–H and O–H groups in total. The van der Waals surface area contributed by atoms with Crippen molar-refractivity contribution in [1.82, 2.24) is 10.2 Å². The van der Waals surface area contributed by atoms with Crippen molar-refractivity contribution < 1.29 is 14.3 Å². The third-order valence-electron chi connectivity index (χ3n) is 4.75. The molecule has 5 heteroatoms. The third kappa shape index (κ3) is 6.29. The van der Waals surface area contributed by atoms with Crippen molar-refractivity contribution in [3.05, 3.63) is 65.7 Å². The van der Waals surface area contributed by atoms with Crippen LogP contribution < -0.4 is 10.1 Å². The average Bonchev–Trinajstić information content (AvgIpc) is 2.71. The number of likely N-dealkylation sites (tertiary alicyclic amines) is 1. The van der Waals surface area contributed by atoms with Crippen LogP contribution in [0.25, 0.3) is 0 Å². The molecular weight excluding hydrogens is 340 g/mol. The fourth-order valence-corrected chi connectivity index (χ4v) is 3.21. The molecule has 0 saturated carbocycles. The lowest BCUT2D eigenvalue weighted by atomic mass is 10.1. The van der Waals surface area contributed by atoms with Crippen molar-refractivity contribution in [2.45, 2.75) is 32.4 Å². The minimum absolute atomic E-state index is 0.222. The quantitative estimate of drug-likeness (QED) is 0.756. The van der Waals surface area contributed by atoms with E-state index in [0.29, 0.717) is 19.3 Å². The predicted molar refractivity (Wildman–Crippen MR) is 106 cm³/mol. The Hall–Kier alpha value is -2.53. The predicted octanol–water partition coefficient (Wildman–Crippen LogP) is 3.76. The number of carbonyl (C=O) groups excluding carboxylic acids is 1. The molecule has 3 rings (SSSR count). The van der Waals surface area contributed by atoms with E-state index in [1.54, 1.807) is 4.90 Å². The molecule has 2 aromatic carbocycles. The lowest BCUT2D eigenvalue weighted by molar-refractivity contribution is 0.0850. The van der Waals surface area contributed by atoms with E-state index in [1.165, 1.54) is 5.56 Å². The van der Waals surface area contributed by atoms with Gasteiger partial charge >= 0.3 is 6.09 Å². The van der Waals surface area contributed by atoms with Crippen molar-refractivity contribution in [2.75, 3.05) is 26.2 Å². The number of piperidine rings is 1. The molecule has 1 fully saturated rings. The summed E-state index contributed by atoms with van der Waals surface area (Å²) in [4.78, 5) is 14.0. The van der Waals surface area contributed by atoms with E-state index in [9.17, 15) is 4.79 Å². The molecule has 0 atom stereocenters. The minimum atomic E-state index is -0.222. The number of rotatable bonds is 7. The molecule has 1 heterocycles. The summed E-state index contributed by atoms with van der Waals surface area (Å²) in [6, 6.07) is 18.3. The number of aryl methyl sites for hydroxylation is 1. The fourth-order valence-electron chi connectivity index (χ4n) is 3.21. The summed E-state index contributed by atoms with van der Waals surface area (Å²) in [5.74, 6) is 0.910. The first-order valence-electron chi connectivity index (χ1n) is 9.59. The molecule has 1 aliphatic rings. The van der Waals surface area contributed by atoms with Crippen molar-refractivity contribution in [3.63, 3.8) is 0 Å². The second-order valence-electron chi connectivity index (χ2n) is 6.92. The second kappa shape index (κ2) is 9.97. The molecular formula is C22H28N2O3. The molecule has 144 valence electrons. The molecule has 0 aliphatic carbocycles. The molecule has 0 bridgehead atoms. The second-order valence-corrected chi connectivity index (χ2v) is 6.92. The fraction of sp³-hybridized carbons (Fsp3) is 0.409. The van der Waals surface area contributed by atoms with Gasteiger partial charge in [-0.3, -0.25) is 0 Å². The van der Waals surface area contributed by atoms with Crippen LogP contribution in [0.5, 0.6) is 5.75 Å². The monoisotopic (exact) mass is 368 g/mol. The van der Waals surface area contributed by atoms with Crippen LogP contribution >= 0.6 is 0 Å². The van der Waals surface area contributed by atoms with Gasteiger partial charge in [0, 0.05) is 25.7 Å². The van der Waals surface area contributed by atoms with Gasteiger partial charge in [0.05, 0.1) is 0 Å². The van der Waals surface area contributed by atoms with Crippen LogP contribution in [0.4, 0.5) is 4.79 Å². The zero-order valence-corrected chi connectivity index (χ0v) is 15.9. The first-order valence-corrected chi connectivity index (χ1v) is 9.59. The van der Waals surface area contributed by atoms with E-state index in [0.717, 1.165) is 43.8 Å². The van der Waals surface area contributed by atoms with Crippen LogP contribution in [-0.2, 0) is 11.3 Å². The van der Waals surface area contributed by atoms with Crippen LogP contribution in [0.15, 0.2) is 54.6 Å². The molecule has 1 amide bonds. The first kappa shape index (κ1) is 19.2. The van der Waals surface area contributed by atoms with Crippen molar-refractivity contribution >= 4 is 6.09 Å². The highest BCUT2D eigenvalue weighted by atomic mass is 16.6. The Bertz CT molecular complexity index is 713. The molecule has 0 unspecified atom stereocenters. The number of hydrogen-bond acceptors (Lipinski definition) is 4. The highest BCUT2D eigenvalue weighted by Gasteiger charge is 2.23. The minimum Gasteiger partial charge on any atom is -0.492 e. The molecule has 1 aliphatic heterocycles. The Labute approximate surface area is 161 Å². The topological polar surface area (TPSA) is 50.8 Å². The maximum absolute atomic E-state index is 12.2. The molecule has 1 saturated heterocycles. The summed E-state index contributed by atoms with van der Waals surface area (Å²) in [6.45, 7) is 5.28. The summed E-state index contributed by atoms with van der Waals surface area (Å²) < 4.78 is 11.2. The molecule has 0 radical (unpaired) electrons. The highest BCUT2D eigenvalue weighted by Crippen LogP contribution is 2.14. The van der Waals surface area contributed by atoms with Crippen LogP contribution in [0.2, 0.25) is 0 Å². The van der Waals surface area contributed by atoms with Gasteiger partial charge in [-0.2, -0.15) is 0 Å². The number of nitrogens with one attached hydrogen (secondary N) is 1. The summed E-state index contributed by atoms with van der Waals surface area (Å²) in [6.07, 6.45) is 1.65. The normalized spacial score (nSPS) is 14.8. The molecule has 2 aromatic rings. The Balaban J connectivity index is 1.30. The Morgan fingerprint density at radius 2 is 1.89 bits per heavy atom. The van der Waals surface area contributed by atoms with Gasteiger partial charge in [0.2, 0.25) is 0 Å². The standard InChI is InChI=1S/C22H28N2O3/c1-18-6-5-9-21(16-18)26-15-12-23-20-10-13-24(14-11-20)22(25)27-17-19-7-3-2-4-8-19/h2-9,16,20,23H,10-15,17H2,1H3. The largest absolute Gasteiger partial charge is 0.492 e. The Morgan fingerprint density at radius 3 is 2.63 bits per heavy atom. The number of carbonyl (C=O) groups is 1. The molecule has 5 nitrogen and oxygen atoms in total. The van der Waals surface area contributed by atoms with Gasteiger partial charge in [0.25, 0.3) is 0 Å². The van der Waals surface area contributed by atoms with E-state index in [4.69, 9.17) is 9.47 Å². The van der Waals surface area contributed by atoms with Gasteiger partial charge in [-0.05, 0) is 43.0 Å². The number of ether oxygens (including phenoxy) is 2. The van der Waals surface area contributed by atoms with Crippen molar-refractivity contribution in [2.24, 2.45) is 0 Å². The molecule has 27 heavy (non-hydrogen) atoms. The van der Waals surface area contributed by atoms with Crippen LogP contribution in [-0.4, -0.2) is 43.3 Å². The molecule has 0 spiro atoms. The average molecular weight is 368 g/mol. The van der Waals surface area contributed by atoms with E-state index in [1.807, 2.05) is 48.5 Å². The number of amides is 1. The van der Waals surface area contributed by atoms with Crippen LogP contribution in [0.3, 0.4) is 0 Å². The van der Waals surface area contributed by atoms with Gasteiger partial charge in [-0.1, -0.05) is 42.5 Å². The summed E-state index contributed by atoms with van der Waals surface area (Å²) in [7, 11) is 0. The Kier molecular flexibility index (Phi) is 7.11. The number of benzene rings is 2. The Morgan fingerprint density at radius 1 is 1.11 bits per heavy atom. The molecule has 0 aromatic heterocycles.